The van der Waals surface area contributed by atoms with Gasteiger partial charge >= 0.3 is 0 Å². The number of thiophene rings is 1. The molecule has 3 nitrogen and oxygen atoms in total. The van der Waals surface area contributed by atoms with Crippen LogP contribution in [-0.2, 0) is 11.3 Å². The summed E-state index contributed by atoms with van der Waals surface area (Å²) in [4.78, 5) is 12.8. The van der Waals surface area contributed by atoms with Crippen molar-refractivity contribution in [1.82, 2.24) is 10.6 Å². The number of carbonyl (C=O) groups is 1. The van der Waals surface area contributed by atoms with Gasteiger partial charge < -0.3 is 10.6 Å². The highest BCUT2D eigenvalue weighted by Gasteiger charge is 2.11. The fraction of sp³-hybridized carbons (Fsp3) is 0.545. The maximum absolute atomic E-state index is 11.7. The molecule has 0 saturated heterocycles. The minimum absolute atomic E-state index is 0.0170. The van der Waals surface area contributed by atoms with Gasteiger partial charge in [-0.1, -0.05) is 13.8 Å². The first-order chi connectivity index (χ1) is 7.63. The maximum atomic E-state index is 11.7. The van der Waals surface area contributed by atoms with E-state index in [-0.39, 0.29) is 11.8 Å². The van der Waals surface area contributed by atoms with Gasteiger partial charge in [0.1, 0.15) is 0 Å². The summed E-state index contributed by atoms with van der Waals surface area (Å²) in [5.41, 5.74) is 0. The number of nitrogens with one attached hydrogen (secondary N) is 2. The lowest BCUT2D eigenvalue weighted by Crippen LogP contribution is -2.34. The van der Waals surface area contributed by atoms with Crippen LogP contribution in [0.4, 0.5) is 0 Å². The van der Waals surface area contributed by atoms with Crippen molar-refractivity contribution in [2.45, 2.75) is 20.4 Å². The monoisotopic (exact) mass is 304 g/mol. The molecule has 0 aromatic carbocycles. The summed E-state index contributed by atoms with van der Waals surface area (Å²) in [6, 6.07) is 2.03. The van der Waals surface area contributed by atoms with E-state index < -0.39 is 0 Å². The van der Waals surface area contributed by atoms with Gasteiger partial charge in [0.2, 0.25) is 5.91 Å². The van der Waals surface area contributed by atoms with E-state index in [0.29, 0.717) is 6.54 Å². The third-order valence-corrected chi connectivity index (χ3v) is 3.90. The SMILES string of the molecule is CCNCC(C)C(=O)NCc1cc(Br)cs1. The average Bonchev–Trinajstić information content (AvgIpc) is 2.68. The van der Waals surface area contributed by atoms with Gasteiger partial charge in [0.05, 0.1) is 6.54 Å². The van der Waals surface area contributed by atoms with Crippen LogP contribution < -0.4 is 10.6 Å². The normalized spacial score (nSPS) is 12.4. The first kappa shape index (κ1) is 13.7. The van der Waals surface area contributed by atoms with Crippen molar-refractivity contribution in [3.8, 4) is 0 Å². The second-order valence-corrected chi connectivity index (χ2v) is 5.57. The highest BCUT2D eigenvalue weighted by atomic mass is 79.9. The molecule has 0 bridgehead atoms. The fourth-order valence-corrected chi connectivity index (χ4v) is 2.64. The molecule has 5 heteroatoms. The van der Waals surface area contributed by atoms with Crippen molar-refractivity contribution in [3.05, 3.63) is 20.8 Å². The van der Waals surface area contributed by atoms with Crippen molar-refractivity contribution in [2.75, 3.05) is 13.1 Å². The number of carbonyl (C=O) groups excluding carboxylic acids is 1. The predicted octanol–water partition coefficient (Wildman–Crippen LogP) is 2.37. The summed E-state index contributed by atoms with van der Waals surface area (Å²) < 4.78 is 1.07. The lowest BCUT2D eigenvalue weighted by atomic mass is 10.1. The minimum atomic E-state index is 0.0170. The molecule has 0 spiro atoms. The van der Waals surface area contributed by atoms with E-state index in [1.807, 2.05) is 25.3 Å². The van der Waals surface area contributed by atoms with Crippen molar-refractivity contribution in [2.24, 2.45) is 5.92 Å². The van der Waals surface area contributed by atoms with Gasteiger partial charge in [-0.15, -0.1) is 11.3 Å². The van der Waals surface area contributed by atoms with Crippen LogP contribution in [0.3, 0.4) is 0 Å². The summed E-state index contributed by atoms with van der Waals surface area (Å²) in [7, 11) is 0. The number of halogens is 1. The molecule has 0 aliphatic heterocycles. The van der Waals surface area contributed by atoms with Crippen molar-refractivity contribution in [3.63, 3.8) is 0 Å². The van der Waals surface area contributed by atoms with Crippen LogP contribution in [0.5, 0.6) is 0 Å². The molecule has 1 aromatic rings. The third-order valence-electron chi connectivity index (χ3n) is 2.21. The zero-order chi connectivity index (χ0) is 12.0. The molecule has 0 aliphatic rings. The topological polar surface area (TPSA) is 41.1 Å². The maximum Gasteiger partial charge on any atom is 0.224 e. The van der Waals surface area contributed by atoms with Crippen LogP contribution in [0.2, 0.25) is 0 Å². The van der Waals surface area contributed by atoms with Gasteiger partial charge in [-0.05, 0) is 28.5 Å². The Balaban J connectivity index is 2.29. The highest BCUT2D eigenvalue weighted by Crippen LogP contribution is 2.19. The lowest BCUT2D eigenvalue weighted by Gasteiger charge is -2.11. The Bertz CT molecular complexity index is 340. The zero-order valence-electron chi connectivity index (χ0n) is 9.55. The standard InChI is InChI=1S/C11H17BrN2OS/c1-3-13-5-8(2)11(15)14-6-10-4-9(12)7-16-10/h4,7-8,13H,3,5-6H2,1-2H3,(H,14,15). The summed E-state index contributed by atoms with van der Waals surface area (Å²) in [6.07, 6.45) is 0. The Hall–Kier alpha value is -0.390. The molecule has 1 heterocycles. The molecule has 90 valence electrons. The summed E-state index contributed by atoms with van der Waals surface area (Å²) in [5, 5.41) is 8.11. The fourth-order valence-electron chi connectivity index (χ4n) is 1.25. The number of amides is 1. The molecule has 16 heavy (non-hydrogen) atoms. The molecular formula is C11H17BrN2OS. The van der Waals surface area contributed by atoms with Crippen LogP contribution in [0, 0.1) is 5.92 Å². The molecule has 1 aromatic heterocycles. The van der Waals surface area contributed by atoms with Crippen molar-refractivity contribution >= 4 is 33.2 Å². The van der Waals surface area contributed by atoms with Crippen LogP contribution in [0.1, 0.15) is 18.7 Å². The van der Waals surface area contributed by atoms with Crippen LogP contribution in [0.15, 0.2) is 15.9 Å². The molecule has 1 rings (SSSR count). The van der Waals surface area contributed by atoms with E-state index in [1.54, 1.807) is 11.3 Å². The lowest BCUT2D eigenvalue weighted by molar-refractivity contribution is -0.124. The van der Waals surface area contributed by atoms with E-state index in [9.17, 15) is 4.79 Å². The molecule has 0 fully saturated rings. The molecular weight excluding hydrogens is 288 g/mol. The first-order valence-electron chi connectivity index (χ1n) is 5.34. The van der Waals surface area contributed by atoms with Gasteiger partial charge in [-0.25, -0.2) is 0 Å². The summed E-state index contributed by atoms with van der Waals surface area (Å²) in [6.45, 7) is 6.22. The number of rotatable bonds is 6. The molecule has 1 amide bonds. The van der Waals surface area contributed by atoms with Crippen molar-refractivity contribution in [1.29, 1.82) is 0 Å². The van der Waals surface area contributed by atoms with Gasteiger partial charge in [-0.3, -0.25) is 4.79 Å². The quantitative estimate of drug-likeness (QED) is 0.847. The van der Waals surface area contributed by atoms with E-state index in [4.69, 9.17) is 0 Å². The second kappa shape index (κ2) is 7.04. The Labute approximate surface area is 109 Å². The molecule has 0 saturated carbocycles. The molecule has 1 unspecified atom stereocenters. The third kappa shape index (κ3) is 4.63. The van der Waals surface area contributed by atoms with E-state index in [0.717, 1.165) is 22.4 Å². The van der Waals surface area contributed by atoms with E-state index >= 15 is 0 Å². The van der Waals surface area contributed by atoms with E-state index in [2.05, 4.69) is 26.6 Å². The Morgan fingerprint density at radius 1 is 1.62 bits per heavy atom. The van der Waals surface area contributed by atoms with Gasteiger partial charge in [0, 0.05) is 27.2 Å². The predicted molar refractivity (Wildman–Crippen MR) is 71.6 cm³/mol. The van der Waals surface area contributed by atoms with Gasteiger partial charge in [-0.2, -0.15) is 0 Å². The Morgan fingerprint density at radius 2 is 2.38 bits per heavy atom. The van der Waals surface area contributed by atoms with Gasteiger partial charge in [0.25, 0.3) is 0 Å². The van der Waals surface area contributed by atoms with Crippen molar-refractivity contribution < 1.29 is 4.79 Å². The van der Waals surface area contributed by atoms with Crippen LogP contribution in [0.25, 0.3) is 0 Å². The smallest absolute Gasteiger partial charge is 0.224 e. The highest BCUT2D eigenvalue weighted by molar-refractivity contribution is 9.10. The summed E-state index contributed by atoms with van der Waals surface area (Å²) in [5.74, 6) is 0.119. The Kier molecular flexibility index (Phi) is 6.01. The van der Waals surface area contributed by atoms with Crippen LogP contribution >= 0.6 is 27.3 Å². The molecule has 2 N–H and O–H groups in total. The van der Waals surface area contributed by atoms with Crippen LogP contribution in [-0.4, -0.2) is 19.0 Å². The Morgan fingerprint density at radius 3 is 2.94 bits per heavy atom. The number of hydrogen-bond acceptors (Lipinski definition) is 3. The second-order valence-electron chi connectivity index (χ2n) is 3.66. The number of hydrogen-bond donors (Lipinski definition) is 2. The summed E-state index contributed by atoms with van der Waals surface area (Å²) >= 11 is 5.03. The molecule has 0 aliphatic carbocycles. The molecule has 1 atom stereocenters. The molecule has 0 radical (unpaired) electrons. The van der Waals surface area contributed by atoms with E-state index in [1.165, 1.54) is 0 Å². The first-order valence-corrected chi connectivity index (χ1v) is 7.02. The zero-order valence-corrected chi connectivity index (χ0v) is 12.0. The minimum Gasteiger partial charge on any atom is -0.351 e. The van der Waals surface area contributed by atoms with Gasteiger partial charge in [0.15, 0.2) is 0 Å². The average molecular weight is 305 g/mol. The largest absolute Gasteiger partial charge is 0.351 e.